The first kappa shape index (κ1) is 14.0. The zero-order valence-electron chi connectivity index (χ0n) is 12.8. The number of rotatable bonds is 5. The van der Waals surface area contributed by atoms with E-state index in [2.05, 4.69) is 41.2 Å². The molecule has 0 spiro atoms. The predicted octanol–water partition coefficient (Wildman–Crippen LogP) is 2.68. The van der Waals surface area contributed by atoms with Crippen molar-refractivity contribution >= 4 is 0 Å². The van der Waals surface area contributed by atoms with Crippen molar-refractivity contribution in [3.63, 3.8) is 0 Å². The first-order valence-electron chi connectivity index (χ1n) is 8.09. The van der Waals surface area contributed by atoms with Crippen LogP contribution in [0.3, 0.4) is 0 Å². The Morgan fingerprint density at radius 1 is 1.35 bits per heavy atom. The number of aromatic nitrogens is 1. The maximum Gasteiger partial charge on any atom is 0.0544 e. The molecule has 1 N–H and O–H groups in total. The highest BCUT2D eigenvalue weighted by Gasteiger charge is 2.38. The average molecular weight is 273 g/mol. The second-order valence-electron chi connectivity index (χ2n) is 6.89. The minimum absolute atomic E-state index is 0.647. The first-order valence-corrected chi connectivity index (χ1v) is 8.09. The third-order valence-corrected chi connectivity index (χ3v) is 4.55. The van der Waals surface area contributed by atoms with Crippen molar-refractivity contribution in [3.8, 4) is 0 Å². The van der Waals surface area contributed by atoms with Crippen molar-refractivity contribution in [1.29, 1.82) is 0 Å². The summed E-state index contributed by atoms with van der Waals surface area (Å²) in [6.07, 6.45) is 6.02. The van der Waals surface area contributed by atoms with Crippen LogP contribution in [0.2, 0.25) is 0 Å². The van der Waals surface area contributed by atoms with Crippen molar-refractivity contribution < 1.29 is 0 Å². The molecule has 110 valence electrons. The topological polar surface area (TPSA) is 28.2 Å². The molecule has 0 amide bonds. The number of nitrogens with one attached hydrogen (secondary N) is 1. The fraction of sp³-hybridized carbons (Fsp3) is 0.706. The largest absolute Gasteiger partial charge is 0.311 e. The van der Waals surface area contributed by atoms with Crippen LogP contribution >= 0.6 is 0 Å². The van der Waals surface area contributed by atoms with Gasteiger partial charge in [0, 0.05) is 37.9 Å². The van der Waals surface area contributed by atoms with Crippen LogP contribution in [0.4, 0.5) is 0 Å². The van der Waals surface area contributed by atoms with Gasteiger partial charge in [-0.2, -0.15) is 0 Å². The lowest BCUT2D eigenvalue weighted by Crippen LogP contribution is -2.57. The van der Waals surface area contributed by atoms with Gasteiger partial charge in [0.1, 0.15) is 0 Å². The highest BCUT2D eigenvalue weighted by atomic mass is 15.2. The van der Waals surface area contributed by atoms with Gasteiger partial charge in [-0.15, -0.1) is 0 Å². The summed E-state index contributed by atoms with van der Waals surface area (Å²) in [4.78, 5) is 7.19. The molecule has 20 heavy (non-hydrogen) atoms. The second kappa shape index (κ2) is 6.23. The molecule has 1 aromatic heterocycles. The number of nitrogens with zero attached hydrogens (tertiary/aromatic N) is 2. The normalized spacial score (nSPS) is 27.9. The van der Waals surface area contributed by atoms with E-state index >= 15 is 0 Å². The third-order valence-electron chi connectivity index (χ3n) is 4.55. The molecule has 3 rings (SSSR count). The van der Waals surface area contributed by atoms with Gasteiger partial charge in [-0.3, -0.25) is 9.88 Å². The molecule has 0 aromatic carbocycles. The summed E-state index contributed by atoms with van der Waals surface area (Å²) in [6.45, 7) is 7.98. The Kier molecular flexibility index (Phi) is 4.37. The van der Waals surface area contributed by atoms with Gasteiger partial charge in [-0.05, 0) is 43.2 Å². The van der Waals surface area contributed by atoms with E-state index in [1.807, 2.05) is 12.3 Å². The smallest absolute Gasteiger partial charge is 0.0544 e. The Morgan fingerprint density at radius 3 is 2.85 bits per heavy atom. The van der Waals surface area contributed by atoms with E-state index in [-0.39, 0.29) is 0 Å². The van der Waals surface area contributed by atoms with Crippen molar-refractivity contribution in [3.05, 3.63) is 30.1 Å². The summed E-state index contributed by atoms with van der Waals surface area (Å²) in [7, 11) is 0. The highest BCUT2D eigenvalue weighted by Crippen LogP contribution is 2.37. The molecule has 1 saturated carbocycles. The average Bonchev–Trinajstić information content (AvgIpc) is 3.24. The van der Waals surface area contributed by atoms with Gasteiger partial charge in [-0.25, -0.2) is 0 Å². The number of pyridine rings is 1. The van der Waals surface area contributed by atoms with E-state index in [9.17, 15) is 0 Å². The summed E-state index contributed by atoms with van der Waals surface area (Å²) in [6, 6.07) is 7.63. The van der Waals surface area contributed by atoms with Crippen molar-refractivity contribution in [1.82, 2.24) is 15.2 Å². The predicted molar refractivity (Wildman–Crippen MR) is 82.4 cm³/mol. The zero-order chi connectivity index (χ0) is 13.9. The molecular formula is C17H27N3. The maximum absolute atomic E-state index is 4.51. The molecule has 1 aliphatic heterocycles. The van der Waals surface area contributed by atoms with Crippen LogP contribution in [-0.2, 0) is 6.54 Å². The van der Waals surface area contributed by atoms with E-state index in [1.165, 1.54) is 31.5 Å². The van der Waals surface area contributed by atoms with E-state index in [1.54, 1.807) is 0 Å². The summed E-state index contributed by atoms with van der Waals surface area (Å²) < 4.78 is 0. The van der Waals surface area contributed by atoms with Gasteiger partial charge in [0.15, 0.2) is 0 Å². The molecule has 1 aromatic rings. The SMILES string of the molecule is CC(C)CC1CN(Cc2ccccn2)C(C2CC2)CN1. The standard InChI is InChI=1S/C17H27N3/c1-13(2)9-16-12-20(11-15-5-3-4-8-18-15)17(10-19-16)14-6-7-14/h3-5,8,13-14,16-17,19H,6-7,9-12H2,1-2H3. The van der Waals surface area contributed by atoms with E-state index in [0.29, 0.717) is 6.04 Å². The summed E-state index contributed by atoms with van der Waals surface area (Å²) >= 11 is 0. The molecule has 2 atom stereocenters. The molecule has 2 heterocycles. The van der Waals surface area contributed by atoms with Gasteiger partial charge in [-0.1, -0.05) is 19.9 Å². The fourth-order valence-corrected chi connectivity index (χ4v) is 3.45. The number of piperazine rings is 1. The van der Waals surface area contributed by atoms with Crippen LogP contribution in [0.5, 0.6) is 0 Å². The van der Waals surface area contributed by atoms with Gasteiger partial charge in [0.2, 0.25) is 0 Å². The Hall–Kier alpha value is -0.930. The van der Waals surface area contributed by atoms with E-state index in [4.69, 9.17) is 0 Å². The molecule has 1 aliphatic carbocycles. The summed E-state index contributed by atoms with van der Waals surface area (Å²) in [5.41, 5.74) is 1.21. The Balaban J connectivity index is 1.65. The molecule has 2 unspecified atom stereocenters. The molecule has 2 aliphatic rings. The molecule has 3 heteroatoms. The lowest BCUT2D eigenvalue weighted by molar-refractivity contribution is 0.0989. The molecular weight excluding hydrogens is 246 g/mol. The lowest BCUT2D eigenvalue weighted by atomic mass is 9.98. The van der Waals surface area contributed by atoms with Gasteiger partial charge >= 0.3 is 0 Å². The van der Waals surface area contributed by atoms with Crippen LogP contribution in [0.1, 0.15) is 38.8 Å². The zero-order valence-corrected chi connectivity index (χ0v) is 12.8. The van der Waals surface area contributed by atoms with Gasteiger partial charge in [0.05, 0.1) is 5.69 Å². The monoisotopic (exact) mass is 273 g/mol. The maximum atomic E-state index is 4.51. The van der Waals surface area contributed by atoms with Crippen LogP contribution in [0, 0.1) is 11.8 Å². The number of hydrogen-bond donors (Lipinski definition) is 1. The van der Waals surface area contributed by atoms with Gasteiger partial charge in [0.25, 0.3) is 0 Å². The van der Waals surface area contributed by atoms with E-state index < -0.39 is 0 Å². The molecule has 2 fully saturated rings. The van der Waals surface area contributed by atoms with Crippen molar-refractivity contribution in [2.24, 2.45) is 11.8 Å². The quantitative estimate of drug-likeness (QED) is 0.894. The Morgan fingerprint density at radius 2 is 2.20 bits per heavy atom. The highest BCUT2D eigenvalue weighted by molar-refractivity contribution is 5.05. The minimum atomic E-state index is 0.647. The second-order valence-corrected chi connectivity index (χ2v) is 6.89. The van der Waals surface area contributed by atoms with Gasteiger partial charge < -0.3 is 5.32 Å². The Bertz CT molecular complexity index is 414. The van der Waals surface area contributed by atoms with Crippen LogP contribution in [-0.4, -0.2) is 35.1 Å². The molecule has 0 bridgehead atoms. The lowest BCUT2D eigenvalue weighted by Gasteiger charge is -2.41. The van der Waals surface area contributed by atoms with Crippen LogP contribution < -0.4 is 5.32 Å². The van der Waals surface area contributed by atoms with Crippen molar-refractivity contribution in [2.45, 2.75) is 51.7 Å². The molecule has 0 radical (unpaired) electrons. The molecule has 1 saturated heterocycles. The summed E-state index contributed by atoms with van der Waals surface area (Å²) in [5, 5.41) is 3.78. The minimum Gasteiger partial charge on any atom is -0.311 e. The van der Waals surface area contributed by atoms with Crippen molar-refractivity contribution in [2.75, 3.05) is 13.1 Å². The fourth-order valence-electron chi connectivity index (χ4n) is 3.45. The van der Waals surface area contributed by atoms with Crippen LogP contribution in [0.25, 0.3) is 0 Å². The summed E-state index contributed by atoms with van der Waals surface area (Å²) in [5.74, 6) is 1.69. The number of hydrogen-bond acceptors (Lipinski definition) is 3. The first-order chi connectivity index (χ1) is 9.72. The Labute approximate surface area is 122 Å². The van der Waals surface area contributed by atoms with Crippen LogP contribution in [0.15, 0.2) is 24.4 Å². The third kappa shape index (κ3) is 3.58. The molecule has 3 nitrogen and oxygen atoms in total. The van der Waals surface area contributed by atoms with E-state index in [0.717, 1.165) is 31.0 Å².